The molecule has 1 aliphatic rings. The van der Waals surface area contributed by atoms with Crippen molar-refractivity contribution in [3.05, 3.63) is 35.4 Å². The van der Waals surface area contributed by atoms with Gasteiger partial charge in [-0.05, 0) is 64.8 Å². The van der Waals surface area contributed by atoms with Crippen LogP contribution < -0.4 is 5.32 Å². The van der Waals surface area contributed by atoms with Crippen LogP contribution in [0.2, 0.25) is 0 Å². The Morgan fingerprint density at radius 2 is 1.75 bits per heavy atom. The van der Waals surface area contributed by atoms with Gasteiger partial charge in [0.15, 0.2) is 0 Å². The largest absolute Gasteiger partial charge is 0.368 e. The molecule has 1 saturated heterocycles. The lowest BCUT2D eigenvalue weighted by Gasteiger charge is -2.27. The average Bonchev–Trinajstić information content (AvgIpc) is 2.45. The molecule has 1 heterocycles. The van der Waals surface area contributed by atoms with Crippen molar-refractivity contribution in [2.75, 3.05) is 6.54 Å². The molecule has 1 aliphatic heterocycles. The van der Waals surface area contributed by atoms with E-state index in [1.165, 1.54) is 12.1 Å². The Hall–Kier alpha value is -1.00. The fourth-order valence-electron chi connectivity index (χ4n) is 3.03. The van der Waals surface area contributed by atoms with E-state index in [2.05, 4.69) is 33.0 Å². The number of rotatable bonds is 4. The van der Waals surface area contributed by atoms with Crippen molar-refractivity contribution < 1.29 is 13.5 Å². The van der Waals surface area contributed by atoms with E-state index in [0.717, 1.165) is 12.5 Å². The van der Waals surface area contributed by atoms with Crippen molar-refractivity contribution in [1.29, 1.82) is 0 Å². The Labute approximate surface area is 119 Å². The Morgan fingerprint density at radius 1 is 1.15 bits per heavy atom. The minimum Gasteiger partial charge on any atom is -0.368 e. The summed E-state index contributed by atoms with van der Waals surface area (Å²) in [6, 6.07) is 3.90. The highest BCUT2D eigenvalue weighted by molar-refractivity contribution is 5.18. The van der Waals surface area contributed by atoms with E-state index in [9.17, 15) is 8.78 Å². The van der Waals surface area contributed by atoms with Crippen LogP contribution in [0.3, 0.4) is 0 Å². The number of benzene rings is 1. The lowest BCUT2D eigenvalue weighted by Crippen LogP contribution is -2.44. The zero-order valence-corrected chi connectivity index (χ0v) is 12.6. The Balaban J connectivity index is 1.90. The molecule has 0 radical (unpaired) electrons. The number of nitrogens with one attached hydrogen (secondary N) is 1. The van der Waals surface area contributed by atoms with Gasteiger partial charge in [0.2, 0.25) is 0 Å². The summed E-state index contributed by atoms with van der Waals surface area (Å²) in [5.41, 5.74) is 0.314. The maximum atomic E-state index is 13.1. The van der Waals surface area contributed by atoms with Crippen LogP contribution >= 0.6 is 0 Å². The van der Waals surface area contributed by atoms with Gasteiger partial charge in [-0.2, -0.15) is 0 Å². The van der Waals surface area contributed by atoms with Crippen molar-refractivity contribution >= 4 is 0 Å². The fraction of sp³-hybridized carbons (Fsp3) is 0.625. The van der Waals surface area contributed by atoms with Gasteiger partial charge in [0, 0.05) is 12.1 Å². The molecule has 2 rings (SSSR count). The van der Waals surface area contributed by atoms with Gasteiger partial charge >= 0.3 is 0 Å². The van der Waals surface area contributed by atoms with Crippen LogP contribution in [0.1, 0.15) is 39.7 Å². The normalized spacial score (nSPS) is 24.0. The molecule has 1 unspecified atom stereocenters. The molecule has 112 valence electrons. The Bertz CT molecular complexity index is 465. The number of halogens is 2. The van der Waals surface area contributed by atoms with Crippen molar-refractivity contribution in [2.45, 2.75) is 57.8 Å². The molecule has 1 fully saturated rings. The van der Waals surface area contributed by atoms with Crippen LogP contribution in [-0.4, -0.2) is 23.8 Å². The molecule has 0 aromatic heterocycles. The highest BCUT2D eigenvalue weighted by Crippen LogP contribution is 2.37. The van der Waals surface area contributed by atoms with Gasteiger partial charge in [-0.1, -0.05) is 0 Å². The molecule has 4 heteroatoms. The summed E-state index contributed by atoms with van der Waals surface area (Å²) in [4.78, 5) is 0. The van der Waals surface area contributed by atoms with Crippen molar-refractivity contribution in [2.24, 2.45) is 0 Å². The van der Waals surface area contributed by atoms with Crippen LogP contribution in [-0.2, 0) is 11.2 Å². The van der Waals surface area contributed by atoms with Crippen molar-refractivity contribution in [1.82, 2.24) is 5.32 Å². The van der Waals surface area contributed by atoms with Crippen molar-refractivity contribution in [3.8, 4) is 0 Å². The zero-order valence-electron chi connectivity index (χ0n) is 12.6. The minimum absolute atomic E-state index is 0.133. The van der Waals surface area contributed by atoms with Gasteiger partial charge in [-0.3, -0.25) is 0 Å². The molecule has 20 heavy (non-hydrogen) atoms. The summed E-state index contributed by atoms with van der Waals surface area (Å²) in [7, 11) is 0. The second kappa shape index (κ2) is 5.41. The molecule has 0 aliphatic carbocycles. The standard InChI is InChI=1S/C16H23F2NO/c1-15(2)10-14(16(3,4)20-15)19-6-5-11-7-12(17)9-13(18)8-11/h7-9,14,19H,5-6,10H2,1-4H3. The summed E-state index contributed by atoms with van der Waals surface area (Å²) < 4.78 is 32.2. The third-order valence-electron chi connectivity index (χ3n) is 3.80. The molecule has 1 aromatic carbocycles. The molecule has 2 nitrogen and oxygen atoms in total. The maximum Gasteiger partial charge on any atom is 0.126 e. The van der Waals surface area contributed by atoms with Crippen LogP contribution in [0.25, 0.3) is 0 Å². The Kier molecular flexibility index (Phi) is 4.17. The second-order valence-electron chi connectivity index (χ2n) is 6.70. The Morgan fingerprint density at radius 3 is 2.25 bits per heavy atom. The average molecular weight is 283 g/mol. The predicted octanol–water partition coefficient (Wildman–Crippen LogP) is 3.44. The van der Waals surface area contributed by atoms with Crippen molar-refractivity contribution in [3.63, 3.8) is 0 Å². The van der Waals surface area contributed by atoms with Gasteiger partial charge in [0.05, 0.1) is 11.2 Å². The van der Waals surface area contributed by atoms with E-state index in [-0.39, 0.29) is 17.2 Å². The van der Waals surface area contributed by atoms with Crippen LogP contribution in [0, 0.1) is 11.6 Å². The van der Waals surface area contributed by atoms with Crippen LogP contribution in [0.5, 0.6) is 0 Å². The first-order valence-corrected chi connectivity index (χ1v) is 7.06. The summed E-state index contributed by atoms with van der Waals surface area (Å²) in [5.74, 6) is -1.05. The van der Waals surface area contributed by atoms with E-state index in [1.54, 1.807) is 0 Å². The first kappa shape index (κ1) is 15.4. The SMILES string of the molecule is CC1(C)CC(NCCc2cc(F)cc(F)c2)C(C)(C)O1. The topological polar surface area (TPSA) is 21.3 Å². The molecule has 1 aromatic rings. The third-order valence-corrected chi connectivity index (χ3v) is 3.80. The number of hydrogen-bond acceptors (Lipinski definition) is 2. The van der Waals surface area contributed by atoms with E-state index in [0.29, 0.717) is 18.5 Å². The molecule has 0 saturated carbocycles. The first-order chi connectivity index (χ1) is 9.18. The monoisotopic (exact) mass is 283 g/mol. The molecule has 1 N–H and O–H groups in total. The fourth-order valence-corrected chi connectivity index (χ4v) is 3.03. The first-order valence-electron chi connectivity index (χ1n) is 7.06. The predicted molar refractivity (Wildman–Crippen MR) is 75.7 cm³/mol. The van der Waals surface area contributed by atoms with Gasteiger partial charge in [0.1, 0.15) is 11.6 Å². The van der Waals surface area contributed by atoms with Gasteiger partial charge in [-0.15, -0.1) is 0 Å². The quantitative estimate of drug-likeness (QED) is 0.914. The molecular formula is C16H23F2NO. The van der Waals surface area contributed by atoms with Gasteiger partial charge in [-0.25, -0.2) is 8.78 Å². The third kappa shape index (κ3) is 3.76. The van der Waals surface area contributed by atoms with Gasteiger partial charge in [0.25, 0.3) is 0 Å². The minimum atomic E-state index is -0.523. The van der Waals surface area contributed by atoms with E-state index < -0.39 is 11.6 Å². The second-order valence-corrected chi connectivity index (χ2v) is 6.70. The van der Waals surface area contributed by atoms with E-state index in [4.69, 9.17) is 4.74 Å². The molecule has 1 atom stereocenters. The summed E-state index contributed by atoms with van der Waals surface area (Å²) >= 11 is 0. The van der Waals surface area contributed by atoms with Crippen LogP contribution in [0.15, 0.2) is 18.2 Å². The molecule has 0 amide bonds. The van der Waals surface area contributed by atoms with E-state index >= 15 is 0 Å². The highest BCUT2D eigenvalue weighted by Gasteiger charge is 2.45. The zero-order chi connectivity index (χ0) is 15.0. The maximum absolute atomic E-state index is 13.1. The highest BCUT2D eigenvalue weighted by atomic mass is 19.1. The number of ether oxygens (including phenoxy) is 1. The number of hydrogen-bond donors (Lipinski definition) is 1. The molecule has 0 spiro atoms. The summed E-state index contributed by atoms with van der Waals surface area (Å²) in [6.07, 6.45) is 1.53. The van der Waals surface area contributed by atoms with E-state index in [1.807, 2.05) is 0 Å². The molecule has 0 bridgehead atoms. The smallest absolute Gasteiger partial charge is 0.126 e. The summed E-state index contributed by atoms with van der Waals surface area (Å²) in [6.45, 7) is 8.98. The summed E-state index contributed by atoms with van der Waals surface area (Å²) in [5, 5.41) is 3.44. The molecular weight excluding hydrogens is 260 g/mol. The lowest BCUT2D eigenvalue weighted by atomic mass is 9.94. The van der Waals surface area contributed by atoms with Crippen LogP contribution in [0.4, 0.5) is 8.78 Å². The lowest BCUT2D eigenvalue weighted by molar-refractivity contribution is -0.0697. The van der Waals surface area contributed by atoms with Gasteiger partial charge < -0.3 is 10.1 Å².